The van der Waals surface area contributed by atoms with Gasteiger partial charge in [0.15, 0.2) is 0 Å². The molecule has 0 aliphatic heterocycles. The van der Waals surface area contributed by atoms with E-state index in [1.807, 2.05) is 58.0 Å². The first-order valence-electron chi connectivity index (χ1n) is 11.1. The summed E-state index contributed by atoms with van der Waals surface area (Å²) >= 11 is 0. The normalized spacial score (nSPS) is 13.0. The van der Waals surface area contributed by atoms with Crippen LogP contribution in [0.2, 0.25) is 0 Å². The lowest BCUT2D eigenvalue weighted by molar-refractivity contribution is -0.138. The van der Waals surface area contributed by atoms with Gasteiger partial charge in [0.05, 0.1) is 24.6 Å². The van der Waals surface area contributed by atoms with E-state index in [-0.39, 0.29) is 36.3 Å². The predicted octanol–water partition coefficient (Wildman–Crippen LogP) is 3.85. The summed E-state index contributed by atoms with van der Waals surface area (Å²) in [6, 6.07) is 9.40. The molecule has 0 aromatic heterocycles. The fraction of sp³-hybridized carbons (Fsp3) is 0.560. The Bertz CT molecular complexity index is 767. The van der Waals surface area contributed by atoms with Crippen molar-refractivity contribution < 1.29 is 19.1 Å². The van der Waals surface area contributed by atoms with Gasteiger partial charge in [-0.2, -0.15) is 0 Å². The molecule has 1 N–H and O–H groups in total. The van der Waals surface area contributed by atoms with E-state index in [2.05, 4.69) is 5.32 Å². The molecule has 172 valence electrons. The molecule has 0 unspecified atom stereocenters. The van der Waals surface area contributed by atoms with Crippen molar-refractivity contribution in [2.45, 2.75) is 65.8 Å². The molecule has 1 rings (SSSR count). The number of rotatable bonds is 11. The van der Waals surface area contributed by atoms with Gasteiger partial charge in [-0.3, -0.25) is 9.59 Å². The number of likely N-dealkylation sites (N-methyl/N-ethyl adjacent to an activating group) is 1. The van der Waals surface area contributed by atoms with E-state index in [9.17, 15) is 14.4 Å². The molecule has 0 fully saturated rings. The molecule has 0 radical (unpaired) electrons. The quantitative estimate of drug-likeness (QED) is 0.427. The van der Waals surface area contributed by atoms with Crippen LogP contribution in [0.3, 0.4) is 0 Å². The Balaban J connectivity index is 2.94. The van der Waals surface area contributed by atoms with Gasteiger partial charge >= 0.3 is 5.97 Å². The van der Waals surface area contributed by atoms with Gasteiger partial charge in [0.1, 0.15) is 0 Å². The van der Waals surface area contributed by atoms with Crippen molar-refractivity contribution in [3.8, 4) is 0 Å². The van der Waals surface area contributed by atoms with Gasteiger partial charge in [-0.25, -0.2) is 4.79 Å². The van der Waals surface area contributed by atoms with Gasteiger partial charge in [-0.05, 0) is 38.2 Å². The van der Waals surface area contributed by atoms with Crippen molar-refractivity contribution in [2.75, 3.05) is 20.2 Å². The van der Waals surface area contributed by atoms with Crippen LogP contribution in [0.15, 0.2) is 42.0 Å². The van der Waals surface area contributed by atoms with Crippen LogP contribution in [0, 0.1) is 5.92 Å². The van der Waals surface area contributed by atoms with Crippen LogP contribution in [0.25, 0.3) is 0 Å². The first-order valence-corrected chi connectivity index (χ1v) is 11.1. The smallest absolute Gasteiger partial charge is 0.333 e. The number of hydrogen-bond donors (Lipinski definition) is 1. The van der Waals surface area contributed by atoms with Gasteiger partial charge in [-0.1, -0.05) is 64.1 Å². The summed E-state index contributed by atoms with van der Waals surface area (Å²) in [5, 5.41) is 2.85. The zero-order chi connectivity index (χ0) is 23.6. The molecule has 6 heteroatoms. The van der Waals surface area contributed by atoms with Crippen LogP contribution in [0.1, 0.15) is 59.9 Å². The highest BCUT2D eigenvalue weighted by atomic mass is 16.5. The molecule has 0 bridgehead atoms. The van der Waals surface area contributed by atoms with Crippen LogP contribution < -0.4 is 5.32 Å². The fourth-order valence-corrected chi connectivity index (χ4v) is 3.80. The molecular weight excluding hydrogens is 392 g/mol. The third-order valence-electron chi connectivity index (χ3n) is 5.91. The molecule has 0 saturated carbocycles. The number of benzene rings is 1. The Morgan fingerprint density at radius 3 is 2.16 bits per heavy atom. The zero-order valence-electron chi connectivity index (χ0n) is 20.0. The number of nitrogens with one attached hydrogen (secondary N) is 1. The average molecular weight is 431 g/mol. The van der Waals surface area contributed by atoms with Gasteiger partial charge in [0, 0.05) is 12.6 Å². The fourth-order valence-electron chi connectivity index (χ4n) is 3.80. The van der Waals surface area contributed by atoms with Crippen LogP contribution >= 0.6 is 0 Å². The van der Waals surface area contributed by atoms with E-state index in [4.69, 9.17) is 4.74 Å². The molecule has 1 atom stereocenters. The van der Waals surface area contributed by atoms with Crippen LogP contribution in [0.4, 0.5) is 0 Å². The second kappa shape index (κ2) is 12.3. The highest BCUT2D eigenvalue weighted by Gasteiger charge is 2.37. The molecule has 0 heterocycles. The Hall–Kier alpha value is -2.63. The van der Waals surface area contributed by atoms with Crippen molar-refractivity contribution >= 4 is 17.8 Å². The van der Waals surface area contributed by atoms with Crippen molar-refractivity contribution in [1.29, 1.82) is 0 Å². The SMILES string of the molecule is CCOC(=O)/C(C)=C/[C@H](C(C)C)N(C)C(=O)CNC(=O)C(CC)(CC)c1ccccc1. The number of carbonyl (C=O) groups excluding carboxylic acids is 3. The van der Waals surface area contributed by atoms with Gasteiger partial charge < -0.3 is 15.0 Å². The van der Waals surface area contributed by atoms with Gasteiger partial charge in [0.25, 0.3) is 0 Å². The molecule has 0 spiro atoms. The van der Waals surface area contributed by atoms with E-state index in [1.54, 1.807) is 31.9 Å². The summed E-state index contributed by atoms with van der Waals surface area (Å²) in [7, 11) is 1.69. The summed E-state index contributed by atoms with van der Waals surface area (Å²) in [5.74, 6) is -0.663. The minimum atomic E-state index is -0.669. The molecule has 31 heavy (non-hydrogen) atoms. The molecule has 6 nitrogen and oxygen atoms in total. The first kappa shape index (κ1) is 26.4. The summed E-state index contributed by atoms with van der Waals surface area (Å²) in [6.07, 6.45) is 3.04. The summed E-state index contributed by atoms with van der Waals surface area (Å²) in [4.78, 5) is 39.6. The molecule has 2 amide bonds. The summed E-state index contributed by atoms with van der Waals surface area (Å²) in [5.41, 5.74) is 0.744. The lowest BCUT2D eigenvalue weighted by Gasteiger charge is -2.32. The Morgan fingerprint density at radius 1 is 1.10 bits per heavy atom. The predicted molar refractivity (Wildman–Crippen MR) is 123 cm³/mol. The van der Waals surface area contributed by atoms with Crippen LogP contribution in [-0.2, 0) is 24.5 Å². The highest BCUT2D eigenvalue weighted by molar-refractivity contribution is 5.92. The van der Waals surface area contributed by atoms with E-state index in [0.29, 0.717) is 25.0 Å². The number of hydrogen-bond acceptors (Lipinski definition) is 4. The van der Waals surface area contributed by atoms with Gasteiger partial charge in [-0.15, -0.1) is 0 Å². The first-order chi connectivity index (χ1) is 14.6. The maximum absolute atomic E-state index is 13.1. The van der Waals surface area contributed by atoms with Crippen molar-refractivity contribution in [1.82, 2.24) is 10.2 Å². The topological polar surface area (TPSA) is 75.7 Å². The van der Waals surface area contributed by atoms with E-state index in [0.717, 1.165) is 5.56 Å². The standard InChI is InChI=1S/C25H38N2O4/c1-8-25(9-2,20-14-12-11-13-15-20)24(30)26-17-22(28)27(7)21(18(4)5)16-19(6)23(29)31-10-3/h11-16,18,21H,8-10,17H2,1-7H3,(H,26,30)/b19-16+/t21-/m1/s1. The third kappa shape index (κ3) is 6.68. The average Bonchev–Trinajstić information content (AvgIpc) is 2.77. The number of nitrogens with zero attached hydrogens (tertiary/aromatic N) is 1. The maximum Gasteiger partial charge on any atom is 0.333 e. The number of esters is 1. The van der Waals surface area contributed by atoms with Crippen molar-refractivity contribution in [3.05, 3.63) is 47.5 Å². The lowest BCUT2D eigenvalue weighted by Crippen LogP contribution is -2.49. The number of carbonyl (C=O) groups is 3. The molecule has 1 aromatic carbocycles. The maximum atomic E-state index is 13.1. The summed E-state index contributed by atoms with van der Waals surface area (Å²) in [6.45, 7) is 11.6. The van der Waals surface area contributed by atoms with Crippen LogP contribution in [0.5, 0.6) is 0 Å². The summed E-state index contributed by atoms with van der Waals surface area (Å²) < 4.78 is 5.04. The largest absolute Gasteiger partial charge is 0.463 e. The van der Waals surface area contributed by atoms with Gasteiger partial charge in [0.2, 0.25) is 11.8 Å². The second-order valence-corrected chi connectivity index (χ2v) is 8.15. The second-order valence-electron chi connectivity index (χ2n) is 8.15. The monoisotopic (exact) mass is 430 g/mol. The molecule has 1 aromatic rings. The van der Waals surface area contributed by atoms with Crippen LogP contribution in [-0.4, -0.2) is 48.9 Å². The highest BCUT2D eigenvalue weighted by Crippen LogP contribution is 2.31. The Labute approximate surface area is 187 Å². The zero-order valence-corrected chi connectivity index (χ0v) is 20.0. The lowest BCUT2D eigenvalue weighted by atomic mass is 9.75. The molecule has 0 aliphatic rings. The molecule has 0 saturated heterocycles. The van der Waals surface area contributed by atoms with Crippen molar-refractivity contribution in [2.24, 2.45) is 5.92 Å². The van der Waals surface area contributed by atoms with E-state index < -0.39 is 5.41 Å². The molecular formula is C25H38N2O4. The molecule has 0 aliphatic carbocycles. The minimum absolute atomic E-state index is 0.0868. The Morgan fingerprint density at radius 2 is 1.68 bits per heavy atom. The Kier molecular flexibility index (Phi) is 10.5. The minimum Gasteiger partial charge on any atom is -0.463 e. The third-order valence-corrected chi connectivity index (χ3v) is 5.91. The van der Waals surface area contributed by atoms with E-state index >= 15 is 0 Å². The number of amides is 2. The number of ether oxygens (including phenoxy) is 1. The van der Waals surface area contributed by atoms with Crippen molar-refractivity contribution in [3.63, 3.8) is 0 Å². The van der Waals surface area contributed by atoms with E-state index in [1.165, 1.54) is 0 Å².